The average molecular weight is 277 g/mol. The van der Waals surface area contributed by atoms with Crippen LogP contribution in [0.25, 0.3) is 11.0 Å². The van der Waals surface area contributed by atoms with Crippen molar-refractivity contribution in [3.05, 3.63) is 24.4 Å². The zero-order chi connectivity index (χ0) is 14.9. The van der Waals surface area contributed by atoms with E-state index >= 15 is 0 Å². The first-order valence-electron chi connectivity index (χ1n) is 6.42. The molecule has 2 rings (SSSR count). The standard InChI is InChI=1S/C14H19N3O3/c1-9(18)15-12-6-5-11-10(16-12)7-8-17(11)13(19)20-14(2,3)4/h5-9,18H,1-4H3,(H,15,16)/t9-/m1/s1. The number of aromatic nitrogens is 2. The zero-order valence-corrected chi connectivity index (χ0v) is 12.0. The monoisotopic (exact) mass is 277 g/mol. The molecular weight excluding hydrogens is 258 g/mol. The van der Waals surface area contributed by atoms with Crippen LogP contribution in [0.4, 0.5) is 10.6 Å². The predicted octanol–water partition coefficient (Wildman–Crippen LogP) is 2.57. The molecule has 6 heteroatoms. The molecule has 0 saturated heterocycles. The van der Waals surface area contributed by atoms with E-state index in [2.05, 4.69) is 10.3 Å². The maximum absolute atomic E-state index is 12.1. The lowest BCUT2D eigenvalue weighted by Gasteiger charge is -2.19. The van der Waals surface area contributed by atoms with Gasteiger partial charge in [0.1, 0.15) is 17.6 Å². The number of carbonyl (C=O) groups is 1. The lowest BCUT2D eigenvalue weighted by molar-refractivity contribution is 0.0544. The zero-order valence-electron chi connectivity index (χ0n) is 12.0. The van der Waals surface area contributed by atoms with Crippen LogP contribution in [0.3, 0.4) is 0 Å². The molecule has 0 aliphatic heterocycles. The molecule has 0 aromatic carbocycles. The number of nitrogens with zero attached hydrogens (tertiary/aromatic N) is 2. The Bertz CT molecular complexity index is 626. The minimum atomic E-state index is -0.687. The molecule has 0 spiro atoms. The fourth-order valence-electron chi connectivity index (χ4n) is 1.78. The summed E-state index contributed by atoms with van der Waals surface area (Å²) in [6.07, 6.45) is 0.496. The van der Waals surface area contributed by atoms with Gasteiger partial charge in [0.05, 0.1) is 11.0 Å². The first-order valence-corrected chi connectivity index (χ1v) is 6.42. The molecule has 2 aromatic heterocycles. The van der Waals surface area contributed by atoms with E-state index in [0.717, 1.165) is 0 Å². The van der Waals surface area contributed by atoms with Crippen LogP contribution >= 0.6 is 0 Å². The van der Waals surface area contributed by atoms with Gasteiger partial charge in [-0.05, 0) is 45.9 Å². The first kappa shape index (κ1) is 14.3. The Kier molecular flexibility index (Phi) is 3.67. The van der Waals surface area contributed by atoms with E-state index < -0.39 is 17.9 Å². The average Bonchev–Trinajstić information content (AvgIpc) is 2.68. The Morgan fingerprint density at radius 2 is 2.10 bits per heavy atom. The third-order valence-corrected chi connectivity index (χ3v) is 2.49. The SMILES string of the molecule is C[C@@H](O)Nc1ccc2c(ccn2C(=O)OC(C)(C)C)n1. The largest absolute Gasteiger partial charge is 0.443 e. The first-order chi connectivity index (χ1) is 9.26. The van der Waals surface area contributed by atoms with Crippen LogP contribution in [-0.2, 0) is 4.74 Å². The quantitative estimate of drug-likeness (QED) is 0.825. The highest BCUT2D eigenvalue weighted by Gasteiger charge is 2.19. The van der Waals surface area contributed by atoms with E-state index in [-0.39, 0.29) is 0 Å². The molecule has 108 valence electrons. The van der Waals surface area contributed by atoms with E-state index in [1.807, 2.05) is 20.8 Å². The summed E-state index contributed by atoms with van der Waals surface area (Å²) in [6.45, 7) is 7.07. The smallest absolute Gasteiger partial charge is 0.419 e. The second-order valence-corrected chi connectivity index (χ2v) is 5.59. The van der Waals surface area contributed by atoms with Crippen molar-refractivity contribution in [1.29, 1.82) is 0 Å². The number of anilines is 1. The maximum atomic E-state index is 12.1. The second-order valence-electron chi connectivity index (χ2n) is 5.59. The second kappa shape index (κ2) is 5.13. The van der Waals surface area contributed by atoms with Gasteiger partial charge in [0.2, 0.25) is 0 Å². The predicted molar refractivity (Wildman–Crippen MR) is 76.7 cm³/mol. The van der Waals surface area contributed by atoms with Crippen molar-refractivity contribution in [2.24, 2.45) is 0 Å². The van der Waals surface area contributed by atoms with Crippen LogP contribution in [-0.4, -0.2) is 32.6 Å². The molecule has 0 bridgehead atoms. The number of aliphatic hydroxyl groups is 1. The molecule has 0 saturated carbocycles. The molecular formula is C14H19N3O3. The number of fused-ring (bicyclic) bond motifs is 1. The minimum absolute atomic E-state index is 0.439. The number of pyridine rings is 1. The van der Waals surface area contributed by atoms with E-state index in [4.69, 9.17) is 4.74 Å². The van der Waals surface area contributed by atoms with Crippen molar-refractivity contribution in [3.8, 4) is 0 Å². The summed E-state index contributed by atoms with van der Waals surface area (Å²) in [5.41, 5.74) is 0.770. The minimum Gasteiger partial charge on any atom is -0.443 e. The Balaban J connectivity index is 2.31. The van der Waals surface area contributed by atoms with Crippen LogP contribution < -0.4 is 5.32 Å². The Hall–Kier alpha value is -2.08. The Morgan fingerprint density at radius 1 is 1.40 bits per heavy atom. The van der Waals surface area contributed by atoms with Gasteiger partial charge in [-0.1, -0.05) is 0 Å². The molecule has 0 aliphatic carbocycles. The Morgan fingerprint density at radius 3 is 2.70 bits per heavy atom. The van der Waals surface area contributed by atoms with Crippen molar-refractivity contribution < 1.29 is 14.6 Å². The van der Waals surface area contributed by atoms with E-state index in [1.165, 1.54) is 4.57 Å². The van der Waals surface area contributed by atoms with Crippen LogP contribution in [0, 0.1) is 0 Å². The number of hydrogen-bond acceptors (Lipinski definition) is 5. The normalized spacial score (nSPS) is 13.2. The van der Waals surface area contributed by atoms with Gasteiger partial charge in [0, 0.05) is 6.20 Å². The third-order valence-electron chi connectivity index (χ3n) is 2.49. The van der Waals surface area contributed by atoms with Gasteiger partial charge in [0.15, 0.2) is 0 Å². The number of ether oxygens (including phenoxy) is 1. The molecule has 0 fully saturated rings. The number of rotatable bonds is 2. The topological polar surface area (TPSA) is 76.4 Å². The lowest BCUT2D eigenvalue weighted by atomic mass is 10.2. The number of aliphatic hydroxyl groups excluding tert-OH is 1. The van der Waals surface area contributed by atoms with Crippen LogP contribution in [0.1, 0.15) is 27.7 Å². The van der Waals surface area contributed by atoms with Gasteiger partial charge in [-0.25, -0.2) is 9.78 Å². The van der Waals surface area contributed by atoms with Crippen LogP contribution in [0.2, 0.25) is 0 Å². The number of hydrogen-bond donors (Lipinski definition) is 2. The summed E-state index contributed by atoms with van der Waals surface area (Å²) in [4.78, 5) is 16.4. The third kappa shape index (κ3) is 3.27. The summed E-state index contributed by atoms with van der Waals surface area (Å²) >= 11 is 0. The van der Waals surface area contributed by atoms with Crippen molar-refractivity contribution in [2.45, 2.75) is 39.5 Å². The summed E-state index contributed by atoms with van der Waals surface area (Å²) in [5, 5.41) is 12.1. The van der Waals surface area contributed by atoms with Gasteiger partial charge >= 0.3 is 6.09 Å². The molecule has 0 unspecified atom stereocenters. The Labute approximate surface area is 117 Å². The summed E-state index contributed by atoms with van der Waals surface area (Å²) in [6, 6.07) is 5.19. The van der Waals surface area contributed by atoms with Gasteiger partial charge in [-0.3, -0.25) is 4.57 Å². The molecule has 0 amide bonds. The number of nitrogens with one attached hydrogen (secondary N) is 1. The number of carbonyl (C=O) groups excluding carboxylic acids is 1. The van der Waals surface area contributed by atoms with Gasteiger partial charge in [-0.2, -0.15) is 0 Å². The lowest BCUT2D eigenvalue weighted by Crippen LogP contribution is -2.26. The molecule has 1 atom stereocenters. The van der Waals surface area contributed by atoms with Crippen molar-refractivity contribution in [1.82, 2.24) is 9.55 Å². The van der Waals surface area contributed by atoms with Gasteiger partial charge in [0.25, 0.3) is 0 Å². The van der Waals surface area contributed by atoms with E-state index in [9.17, 15) is 9.90 Å². The van der Waals surface area contributed by atoms with Crippen molar-refractivity contribution >= 4 is 22.9 Å². The molecule has 6 nitrogen and oxygen atoms in total. The fraction of sp³-hybridized carbons (Fsp3) is 0.429. The molecule has 2 heterocycles. The molecule has 2 N–H and O–H groups in total. The van der Waals surface area contributed by atoms with Crippen molar-refractivity contribution in [3.63, 3.8) is 0 Å². The van der Waals surface area contributed by atoms with Crippen molar-refractivity contribution in [2.75, 3.05) is 5.32 Å². The maximum Gasteiger partial charge on any atom is 0.419 e. The van der Waals surface area contributed by atoms with E-state index in [0.29, 0.717) is 16.9 Å². The molecule has 20 heavy (non-hydrogen) atoms. The highest BCUT2D eigenvalue weighted by atomic mass is 16.6. The molecule has 0 radical (unpaired) electrons. The summed E-state index contributed by atoms with van der Waals surface area (Å²) < 4.78 is 6.74. The fourth-order valence-corrected chi connectivity index (χ4v) is 1.78. The van der Waals surface area contributed by atoms with Gasteiger partial charge in [-0.15, -0.1) is 0 Å². The summed E-state index contributed by atoms with van der Waals surface area (Å²) in [7, 11) is 0. The van der Waals surface area contributed by atoms with Crippen LogP contribution in [0.5, 0.6) is 0 Å². The van der Waals surface area contributed by atoms with E-state index in [1.54, 1.807) is 31.3 Å². The summed E-state index contributed by atoms with van der Waals surface area (Å²) in [5.74, 6) is 0.550. The van der Waals surface area contributed by atoms with Gasteiger partial charge < -0.3 is 15.2 Å². The highest BCUT2D eigenvalue weighted by Crippen LogP contribution is 2.19. The highest BCUT2D eigenvalue weighted by molar-refractivity contribution is 5.88. The molecule has 2 aromatic rings. The van der Waals surface area contributed by atoms with Crippen LogP contribution in [0.15, 0.2) is 24.4 Å². The molecule has 0 aliphatic rings.